The number of amides is 1. The Hall–Kier alpha value is -1.43. The number of nitrogens with zero attached hydrogens (tertiary/aromatic N) is 1. The maximum absolute atomic E-state index is 12.1. The molecule has 6 heteroatoms. The SMILES string of the molecule is O=C(O)CCCCC(=O)NC1(c2nccs2)CCCC1. The van der Waals surface area contributed by atoms with Gasteiger partial charge in [0.2, 0.25) is 5.91 Å². The van der Waals surface area contributed by atoms with Crippen LogP contribution in [0.15, 0.2) is 11.6 Å². The van der Waals surface area contributed by atoms with E-state index in [-0.39, 0.29) is 17.9 Å². The van der Waals surface area contributed by atoms with Gasteiger partial charge in [-0.1, -0.05) is 12.8 Å². The molecule has 1 saturated carbocycles. The number of hydrogen-bond acceptors (Lipinski definition) is 4. The topological polar surface area (TPSA) is 79.3 Å². The molecule has 2 N–H and O–H groups in total. The monoisotopic (exact) mass is 296 g/mol. The zero-order valence-corrected chi connectivity index (χ0v) is 12.2. The summed E-state index contributed by atoms with van der Waals surface area (Å²) in [7, 11) is 0. The van der Waals surface area contributed by atoms with Gasteiger partial charge in [0.15, 0.2) is 0 Å². The van der Waals surface area contributed by atoms with E-state index in [9.17, 15) is 9.59 Å². The van der Waals surface area contributed by atoms with E-state index in [2.05, 4.69) is 10.3 Å². The van der Waals surface area contributed by atoms with Crippen LogP contribution in [0, 0.1) is 0 Å². The van der Waals surface area contributed by atoms with Crippen LogP contribution < -0.4 is 5.32 Å². The largest absolute Gasteiger partial charge is 0.481 e. The molecule has 0 radical (unpaired) electrons. The first-order valence-electron chi connectivity index (χ1n) is 7.05. The smallest absolute Gasteiger partial charge is 0.303 e. The number of carbonyl (C=O) groups is 2. The highest BCUT2D eigenvalue weighted by atomic mass is 32.1. The molecule has 1 aromatic rings. The van der Waals surface area contributed by atoms with Crippen LogP contribution in [0.5, 0.6) is 0 Å². The zero-order chi connectivity index (χ0) is 14.4. The first-order valence-corrected chi connectivity index (χ1v) is 7.93. The van der Waals surface area contributed by atoms with Crippen molar-refractivity contribution < 1.29 is 14.7 Å². The van der Waals surface area contributed by atoms with Crippen molar-refractivity contribution in [3.63, 3.8) is 0 Å². The molecule has 0 aromatic carbocycles. The predicted octanol–water partition coefficient (Wildman–Crippen LogP) is 2.67. The number of carbonyl (C=O) groups excluding carboxylic acids is 1. The lowest BCUT2D eigenvalue weighted by Gasteiger charge is -2.28. The molecule has 1 aromatic heterocycles. The predicted molar refractivity (Wildman–Crippen MR) is 76.5 cm³/mol. The van der Waals surface area contributed by atoms with Crippen molar-refractivity contribution in [2.24, 2.45) is 0 Å². The van der Waals surface area contributed by atoms with Crippen LogP contribution in [0.3, 0.4) is 0 Å². The van der Waals surface area contributed by atoms with Gasteiger partial charge in [0, 0.05) is 24.4 Å². The van der Waals surface area contributed by atoms with Crippen LogP contribution in [0.1, 0.15) is 56.4 Å². The molecule has 1 aliphatic carbocycles. The number of nitrogens with one attached hydrogen (secondary N) is 1. The quantitative estimate of drug-likeness (QED) is 0.758. The van der Waals surface area contributed by atoms with Gasteiger partial charge in [0.25, 0.3) is 0 Å². The lowest BCUT2D eigenvalue weighted by atomic mass is 9.98. The van der Waals surface area contributed by atoms with Crippen LogP contribution in [0.2, 0.25) is 0 Å². The van der Waals surface area contributed by atoms with Gasteiger partial charge in [-0.25, -0.2) is 4.98 Å². The van der Waals surface area contributed by atoms with Gasteiger partial charge in [-0.2, -0.15) is 0 Å². The Morgan fingerprint density at radius 1 is 1.30 bits per heavy atom. The van der Waals surface area contributed by atoms with Gasteiger partial charge in [-0.3, -0.25) is 9.59 Å². The normalized spacial score (nSPS) is 17.0. The van der Waals surface area contributed by atoms with E-state index in [1.807, 2.05) is 5.38 Å². The number of aromatic nitrogens is 1. The summed E-state index contributed by atoms with van der Waals surface area (Å²) in [5.74, 6) is -0.798. The first-order chi connectivity index (χ1) is 9.62. The van der Waals surface area contributed by atoms with Crippen molar-refractivity contribution >= 4 is 23.2 Å². The fraction of sp³-hybridized carbons (Fsp3) is 0.643. The number of hydrogen-bond donors (Lipinski definition) is 2. The summed E-state index contributed by atoms with van der Waals surface area (Å²) in [6.45, 7) is 0. The molecule has 0 aliphatic heterocycles. The van der Waals surface area contributed by atoms with E-state index in [4.69, 9.17) is 5.11 Å². The van der Waals surface area contributed by atoms with Crippen molar-refractivity contribution in [3.05, 3.63) is 16.6 Å². The molecule has 0 atom stereocenters. The minimum absolute atomic E-state index is 0.00693. The Labute approximate surface area is 122 Å². The minimum atomic E-state index is -0.805. The average molecular weight is 296 g/mol. The van der Waals surface area contributed by atoms with E-state index in [1.54, 1.807) is 17.5 Å². The van der Waals surface area contributed by atoms with Crippen LogP contribution in [-0.2, 0) is 15.1 Å². The summed E-state index contributed by atoms with van der Waals surface area (Å²) in [5.41, 5.74) is -0.280. The molecule has 2 rings (SSSR count). The van der Waals surface area contributed by atoms with Gasteiger partial charge < -0.3 is 10.4 Å². The molecule has 0 spiro atoms. The van der Waals surface area contributed by atoms with Crippen LogP contribution in [0.4, 0.5) is 0 Å². The third kappa shape index (κ3) is 3.79. The summed E-state index contributed by atoms with van der Waals surface area (Å²) in [6, 6.07) is 0. The minimum Gasteiger partial charge on any atom is -0.481 e. The number of carboxylic acid groups (broad SMARTS) is 1. The molecule has 1 fully saturated rings. The second-order valence-corrected chi connectivity index (χ2v) is 6.17. The maximum atomic E-state index is 12.1. The molecular weight excluding hydrogens is 276 g/mol. The number of aliphatic carboxylic acids is 1. The summed E-state index contributed by atoms with van der Waals surface area (Å²) < 4.78 is 0. The van der Waals surface area contributed by atoms with Crippen molar-refractivity contribution in [1.29, 1.82) is 0 Å². The van der Waals surface area contributed by atoms with Gasteiger partial charge >= 0.3 is 5.97 Å². The number of rotatable bonds is 7. The van der Waals surface area contributed by atoms with E-state index >= 15 is 0 Å². The van der Waals surface area contributed by atoms with E-state index in [0.717, 1.165) is 30.7 Å². The Morgan fingerprint density at radius 3 is 2.60 bits per heavy atom. The Kier molecular flexibility index (Phi) is 5.11. The van der Waals surface area contributed by atoms with Gasteiger partial charge in [-0.05, 0) is 25.7 Å². The summed E-state index contributed by atoms with van der Waals surface area (Å²) in [5, 5.41) is 14.6. The van der Waals surface area contributed by atoms with E-state index in [1.165, 1.54) is 0 Å². The van der Waals surface area contributed by atoms with Crippen LogP contribution in [-0.4, -0.2) is 22.0 Å². The van der Waals surface area contributed by atoms with Gasteiger partial charge in [0.1, 0.15) is 5.01 Å². The van der Waals surface area contributed by atoms with E-state index < -0.39 is 5.97 Å². The lowest BCUT2D eigenvalue weighted by molar-refractivity contribution is -0.137. The Balaban J connectivity index is 1.86. The Morgan fingerprint density at radius 2 is 2.00 bits per heavy atom. The highest BCUT2D eigenvalue weighted by Crippen LogP contribution is 2.39. The number of thiazole rings is 1. The van der Waals surface area contributed by atoms with Crippen LogP contribution in [0.25, 0.3) is 0 Å². The molecule has 0 unspecified atom stereocenters. The first kappa shape index (κ1) is 15.0. The Bertz CT molecular complexity index is 453. The molecule has 20 heavy (non-hydrogen) atoms. The molecular formula is C14H20N2O3S. The second-order valence-electron chi connectivity index (χ2n) is 5.28. The number of unbranched alkanes of at least 4 members (excludes halogenated alkanes) is 1. The highest BCUT2D eigenvalue weighted by Gasteiger charge is 2.38. The zero-order valence-electron chi connectivity index (χ0n) is 11.4. The molecule has 0 bridgehead atoms. The molecule has 1 amide bonds. The average Bonchev–Trinajstić information content (AvgIpc) is 3.05. The third-order valence-electron chi connectivity index (χ3n) is 3.72. The van der Waals surface area contributed by atoms with E-state index in [0.29, 0.717) is 19.3 Å². The fourth-order valence-corrected chi connectivity index (χ4v) is 3.57. The molecule has 0 saturated heterocycles. The molecule has 1 aliphatic rings. The number of carboxylic acids is 1. The second kappa shape index (κ2) is 6.83. The van der Waals surface area contributed by atoms with Gasteiger partial charge in [0.05, 0.1) is 5.54 Å². The molecule has 110 valence electrons. The van der Waals surface area contributed by atoms with Crippen molar-refractivity contribution in [2.75, 3.05) is 0 Å². The molecule has 5 nitrogen and oxygen atoms in total. The maximum Gasteiger partial charge on any atom is 0.303 e. The van der Waals surface area contributed by atoms with Crippen molar-refractivity contribution in [1.82, 2.24) is 10.3 Å². The lowest BCUT2D eigenvalue weighted by Crippen LogP contribution is -2.43. The third-order valence-corrected chi connectivity index (χ3v) is 4.70. The van der Waals surface area contributed by atoms with Crippen LogP contribution >= 0.6 is 11.3 Å². The fourth-order valence-electron chi connectivity index (χ4n) is 2.72. The van der Waals surface area contributed by atoms with Crippen molar-refractivity contribution in [2.45, 2.75) is 56.9 Å². The molecule has 1 heterocycles. The van der Waals surface area contributed by atoms with Crippen molar-refractivity contribution in [3.8, 4) is 0 Å². The summed E-state index contributed by atoms with van der Waals surface area (Å²) >= 11 is 1.59. The van der Waals surface area contributed by atoms with Gasteiger partial charge in [-0.15, -0.1) is 11.3 Å². The summed E-state index contributed by atoms with van der Waals surface area (Å²) in [6.07, 6.45) is 7.57. The summed E-state index contributed by atoms with van der Waals surface area (Å²) in [4.78, 5) is 26.9. The highest BCUT2D eigenvalue weighted by molar-refractivity contribution is 7.09. The standard InChI is InChI=1S/C14H20N2O3S/c17-11(5-1-2-6-12(18)19)16-14(7-3-4-8-14)13-15-9-10-20-13/h9-10H,1-8H2,(H,16,17)(H,18,19).